The molecule has 154 valence electrons. The molecule has 1 N–H and O–H groups in total. The number of ether oxygens (including phenoxy) is 1. The lowest BCUT2D eigenvalue weighted by atomic mass is 10.2. The molecule has 0 atom stereocenters. The van der Waals surface area contributed by atoms with Crippen LogP contribution in [-0.4, -0.2) is 38.9 Å². The molecule has 0 bridgehead atoms. The first kappa shape index (κ1) is 20.0. The fourth-order valence-corrected chi connectivity index (χ4v) is 3.77. The van der Waals surface area contributed by atoms with Crippen LogP contribution in [0.4, 0.5) is 11.4 Å². The lowest BCUT2D eigenvalue weighted by molar-refractivity contribution is -0.121. The molecule has 1 aliphatic heterocycles. The molecule has 0 aliphatic carbocycles. The molecule has 0 spiro atoms. The number of rotatable bonds is 6. The number of nitrogens with one attached hydrogen (secondary N) is 1. The highest BCUT2D eigenvalue weighted by atomic mass is 32.2. The Morgan fingerprint density at radius 3 is 2.73 bits per heavy atom. The second-order valence-electron chi connectivity index (χ2n) is 6.90. The predicted octanol–water partition coefficient (Wildman–Crippen LogP) is 2.78. The third-order valence-electron chi connectivity index (χ3n) is 4.70. The molecular weight excluding hydrogens is 402 g/mol. The fourth-order valence-electron chi connectivity index (χ4n) is 3.04. The zero-order valence-electron chi connectivity index (χ0n) is 16.7. The molecule has 1 aliphatic rings. The minimum absolute atomic E-state index is 0.00431. The van der Waals surface area contributed by atoms with Crippen LogP contribution in [-0.2, 0) is 23.2 Å². The Hall–Kier alpha value is -3.33. The number of anilines is 2. The normalized spacial score (nSPS) is 13.0. The summed E-state index contributed by atoms with van der Waals surface area (Å²) in [5.41, 5.74) is 2.60. The number of thioether (sulfide) groups is 1. The molecule has 0 fully saturated rings. The summed E-state index contributed by atoms with van der Waals surface area (Å²) in [5.74, 6) is 1.25. The van der Waals surface area contributed by atoms with Gasteiger partial charge in [-0.1, -0.05) is 41.6 Å². The Morgan fingerprint density at radius 2 is 1.93 bits per heavy atom. The number of para-hydroxylation sites is 2. The van der Waals surface area contributed by atoms with E-state index in [2.05, 4.69) is 15.5 Å². The Balaban J connectivity index is 1.40. The van der Waals surface area contributed by atoms with E-state index in [1.165, 1.54) is 11.8 Å². The number of benzene rings is 2. The predicted molar refractivity (Wildman–Crippen MR) is 115 cm³/mol. The van der Waals surface area contributed by atoms with Gasteiger partial charge >= 0.3 is 0 Å². The first-order chi connectivity index (χ1) is 14.5. The van der Waals surface area contributed by atoms with E-state index in [1.54, 1.807) is 9.47 Å². The lowest BCUT2D eigenvalue weighted by Gasteiger charge is -2.28. The average Bonchev–Trinajstić information content (AvgIpc) is 3.09. The molecule has 2 amide bonds. The van der Waals surface area contributed by atoms with E-state index in [1.807, 2.05) is 62.5 Å². The molecule has 30 heavy (non-hydrogen) atoms. The van der Waals surface area contributed by atoms with Gasteiger partial charge in [-0.15, -0.1) is 10.2 Å². The van der Waals surface area contributed by atoms with Crippen molar-refractivity contribution in [2.24, 2.45) is 7.05 Å². The molecule has 0 saturated carbocycles. The van der Waals surface area contributed by atoms with Crippen LogP contribution in [0.1, 0.15) is 11.4 Å². The maximum atomic E-state index is 12.4. The van der Waals surface area contributed by atoms with Crippen LogP contribution >= 0.6 is 11.8 Å². The van der Waals surface area contributed by atoms with Crippen molar-refractivity contribution in [3.8, 4) is 5.75 Å². The summed E-state index contributed by atoms with van der Waals surface area (Å²) in [6, 6.07) is 15.0. The minimum Gasteiger partial charge on any atom is -0.482 e. The van der Waals surface area contributed by atoms with E-state index in [9.17, 15) is 9.59 Å². The zero-order chi connectivity index (χ0) is 21.1. The Kier molecular flexibility index (Phi) is 5.71. The van der Waals surface area contributed by atoms with Crippen LogP contribution < -0.4 is 15.0 Å². The van der Waals surface area contributed by atoms with Crippen molar-refractivity contribution < 1.29 is 14.3 Å². The molecule has 3 aromatic rings. The molecule has 2 aromatic carbocycles. The Morgan fingerprint density at radius 1 is 1.17 bits per heavy atom. The number of nitrogens with zero attached hydrogens (tertiary/aromatic N) is 4. The second-order valence-corrected chi connectivity index (χ2v) is 7.84. The topological polar surface area (TPSA) is 89.3 Å². The maximum absolute atomic E-state index is 12.4. The van der Waals surface area contributed by atoms with Gasteiger partial charge in [0.2, 0.25) is 5.91 Å². The van der Waals surface area contributed by atoms with Crippen molar-refractivity contribution in [2.75, 3.05) is 22.6 Å². The summed E-state index contributed by atoms with van der Waals surface area (Å²) in [6.07, 6.45) is 0. The molecule has 0 radical (unpaired) electrons. The van der Waals surface area contributed by atoms with E-state index >= 15 is 0 Å². The third kappa shape index (κ3) is 4.30. The molecule has 4 rings (SSSR count). The number of fused-ring (bicyclic) bond motifs is 1. The van der Waals surface area contributed by atoms with Crippen LogP contribution in [0.15, 0.2) is 53.7 Å². The quantitative estimate of drug-likeness (QED) is 0.614. The van der Waals surface area contributed by atoms with Gasteiger partial charge in [0.25, 0.3) is 5.91 Å². The number of hydrogen-bond donors (Lipinski definition) is 1. The van der Waals surface area contributed by atoms with Gasteiger partial charge in [0.15, 0.2) is 17.6 Å². The van der Waals surface area contributed by atoms with Crippen LogP contribution in [0.5, 0.6) is 5.75 Å². The van der Waals surface area contributed by atoms with E-state index in [0.717, 1.165) is 11.3 Å². The Bertz CT molecular complexity index is 1080. The van der Waals surface area contributed by atoms with E-state index in [-0.39, 0.29) is 30.7 Å². The fraction of sp³-hybridized carbons (Fsp3) is 0.238. The molecule has 2 heterocycles. The van der Waals surface area contributed by atoms with E-state index < -0.39 is 0 Å². The van der Waals surface area contributed by atoms with Crippen molar-refractivity contribution in [1.82, 2.24) is 14.8 Å². The highest BCUT2D eigenvalue weighted by Gasteiger charge is 2.27. The summed E-state index contributed by atoms with van der Waals surface area (Å²) < 4.78 is 7.28. The highest BCUT2D eigenvalue weighted by molar-refractivity contribution is 7.99. The molecule has 8 nitrogen and oxygen atoms in total. The van der Waals surface area contributed by atoms with E-state index in [4.69, 9.17) is 4.74 Å². The highest BCUT2D eigenvalue weighted by Crippen LogP contribution is 2.32. The summed E-state index contributed by atoms with van der Waals surface area (Å²) in [7, 11) is 1.83. The monoisotopic (exact) mass is 423 g/mol. The van der Waals surface area contributed by atoms with Gasteiger partial charge in [0.1, 0.15) is 5.75 Å². The van der Waals surface area contributed by atoms with E-state index in [0.29, 0.717) is 22.4 Å². The first-order valence-electron chi connectivity index (χ1n) is 9.41. The van der Waals surface area contributed by atoms with Gasteiger partial charge < -0.3 is 14.6 Å². The SMILES string of the molecule is Cc1ccc(NC(=O)CSc2nnc(CN3C(=O)COc4ccccc43)n2C)cc1. The average molecular weight is 423 g/mol. The van der Waals surface area contributed by atoms with Crippen molar-refractivity contribution in [3.05, 3.63) is 59.9 Å². The molecule has 1 aromatic heterocycles. The minimum atomic E-state index is -0.136. The summed E-state index contributed by atoms with van der Waals surface area (Å²) in [4.78, 5) is 26.2. The van der Waals surface area contributed by atoms with Crippen molar-refractivity contribution in [1.29, 1.82) is 0 Å². The number of aryl methyl sites for hydroxylation is 1. The Labute approximate surface area is 178 Å². The smallest absolute Gasteiger partial charge is 0.265 e. The summed E-state index contributed by atoms with van der Waals surface area (Å²) in [6.45, 7) is 2.27. The zero-order valence-corrected chi connectivity index (χ0v) is 17.5. The van der Waals surface area contributed by atoms with Gasteiger partial charge in [-0.2, -0.15) is 0 Å². The van der Waals surface area contributed by atoms with Crippen LogP contribution in [0, 0.1) is 6.92 Å². The van der Waals surface area contributed by atoms with Crippen LogP contribution in [0.2, 0.25) is 0 Å². The molecule has 0 saturated heterocycles. The number of amides is 2. The first-order valence-corrected chi connectivity index (χ1v) is 10.4. The summed E-state index contributed by atoms with van der Waals surface area (Å²) >= 11 is 1.30. The van der Waals surface area contributed by atoms with Gasteiger partial charge in [0.05, 0.1) is 18.0 Å². The molecule has 9 heteroatoms. The molecule has 0 unspecified atom stereocenters. The lowest BCUT2D eigenvalue weighted by Crippen LogP contribution is -2.38. The van der Waals surface area contributed by atoms with Crippen molar-refractivity contribution in [3.63, 3.8) is 0 Å². The standard InChI is InChI=1S/C21H21N5O3S/c1-14-7-9-15(10-8-14)22-19(27)13-30-21-24-23-18(25(21)2)11-26-16-5-3-4-6-17(16)29-12-20(26)28/h3-10H,11-13H2,1-2H3,(H,22,27). The van der Waals surface area contributed by atoms with Gasteiger partial charge in [-0.05, 0) is 31.2 Å². The van der Waals surface area contributed by atoms with Crippen molar-refractivity contribution >= 4 is 35.0 Å². The molecular formula is C21H21N5O3S. The summed E-state index contributed by atoms with van der Waals surface area (Å²) in [5, 5.41) is 11.9. The van der Waals surface area contributed by atoms with Gasteiger partial charge in [-0.25, -0.2) is 0 Å². The number of carbonyl (C=O) groups is 2. The largest absolute Gasteiger partial charge is 0.482 e. The van der Waals surface area contributed by atoms with Crippen LogP contribution in [0.25, 0.3) is 0 Å². The number of hydrogen-bond acceptors (Lipinski definition) is 6. The van der Waals surface area contributed by atoms with Crippen LogP contribution in [0.3, 0.4) is 0 Å². The second kappa shape index (κ2) is 8.58. The van der Waals surface area contributed by atoms with Gasteiger partial charge in [0, 0.05) is 12.7 Å². The van der Waals surface area contributed by atoms with Gasteiger partial charge in [-0.3, -0.25) is 14.5 Å². The third-order valence-corrected chi connectivity index (χ3v) is 5.72. The van der Waals surface area contributed by atoms with Crippen molar-refractivity contribution in [2.45, 2.75) is 18.6 Å². The number of aromatic nitrogens is 3. The maximum Gasteiger partial charge on any atom is 0.265 e. The number of carbonyl (C=O) groups excluding carboxylic acids is 2.